The zero-order valence-corrected chi connectivity index (χ0v) is 16.7. The van der Waals surface area contributed by atoms with E-state index in [0.717, 1.165) is 5.82 Å². The van der Waals surface area contributed by atoms with Crippen molar-refractivity contribution in [1.29, 1.82) is 0 Å². The Morgan fingerprint density at radius 3 is 1.70 bits per heavy atom. The molecule has 6 aromatic rings. The number of nitrogens with zero attached hydrogens (tertiary/aromatic N) is 2. The Morgan fingerprint density at radius 1 is 0.567 bits per heavy atom. The van der Waals surface area contributed by atoms with E-state index in [1.807, 2.05) is 12.4 Å². The third-order valence-electron chi connectivity index (χ3n) is 6.04. The molecule has 0 aliphatic heterocycles. The van der Waals surface area contributed by atoms with E-state index in [-0.39, 0.29) is 0 Å². The van der Waals surface area contributed by atoms with E-state index < -0.39 is 0 Å². The molecule has 5 aromatic carbocycles. The molecule has 0 saturated carbocycles. The quantitative estimate of drug-likeness (QED) is 0.288. The summed E-state index contributed by atoms with van der Waals surface area (Å²) in [4.78, 5) is 4.70. The molecule has 142 valence electrons. The normalized spacial score (nSPS) is 11.5. The Kier molecular flexibility index (Phi) is 3.72. The van der Waals surface area contributed by atoms with Crippen molar-refractivity contribution < 1.29 is 0 Å². The number of hydrogen-bond donors (Lipinski definition) is 0. The second-order valence-electron chi connectivity index (χ2n) is 7.73. The third-order valence-corrected chi connectivity index (χ3v) is 6.04. The van der Waals surface area contributed by atoms with E-state index in [2.05, 4.69) is 103 Å². The summed E-state index contributed by atoms with van der Waals surface area (Å²) in [5.74, 6) is 0.992. The van der Waals surface area contributed by atoms with Crippen LogP contribution in [0.25, 0.3) is 54.8 Å². The van der Waals surface area contributed by atoms with Crippen LogP contribution in [0.15, 0.2) is 103 Å². The van der Waals surface area contributed by atoms with Crippen molar-refractivity contribution in [2.75, 3.05) is 0 Å². The highest BCUT2D eigenvalue weighted by Crippen LogP contribution is 2.44. The average Bonchev–Trinajstić information content (AvgIpc) is 3.22. The van der Waals surface area contributed by atoms with Crippen LogP contribution in [0.4, 0.5) is 0 Å². The molecular weight excluding hydrogens is 364 g/mol. The number of rotatable bonds is 2. The lowest BCUT2D eigenvalue weighted by Crippen LogP contribution is -1.96. The molecule has 0 bridgehead atoms. The number of hydrogen-bond acceptors (Lipinski definition) is 1. The third kappa shape index (κ3) is 2.40. The number of imidazole rings is 1. The summed E-state index contributed by atoms with van der Waals surface area (Å²) >= 11 is 0. The van der Waals surface area contributed by atoms with Crippen molar-refractivity contribution in [3.63, 3.8) is 0 Å². The molecule has 6 rings (SSSR count). The zero-order chi connectivity index (χ0) is 20.1. The van der Waals surface area contributed by atoms with Gasteiger partial charge in [0.2, 0.25) is 0 Å². The molecule has 0 amide bonds. The second kappa shape index (κ2) is 6.57. The maximum Gasteiger partial charge on any atom is 0.140 e. The molecule has 0 atom stereocenters. The highest BCUT2D eigenvalue weighted by atomic mass is 15.0. The van der Waals surface area contributed by atoms with Gasteiger partial charge in [-0.05, 0) is 43.4 Å². The highest BCUT2D eigenvalue weighted by molar-refractivity contribution is 6.23. The molecule has 2 nitrogen and oxygen atoms in total. The molecule has 0 aliphatic carbocycles. The van der Waals surface area contributed by atoms with E-state index in [1.54, 1.807) is 0 Å². The first-order chi connectivity index (χ1) is 14.8. The van der Waals surface area contributed by atoms with Crippen LogP contribution in [0, 0.1) is 0 Å². The first-order valence-corrected chi connectivity index (χ1v) is 10.2. The molecule has 0 aliphatic rings. The van der Waals surface area contributed by atoms with Crippen molar-refractivity contribution in [2.24, 2.45) is 7.05 Å². The molecule has 0 unspecified atom stereocenters. The van der Waals surface area contributed by atoms with Crippen LogP contribution in [0.1, 0.15) is 0 Å². The van der Waals surface area contributed by atoms with Crippen LogP contribution in [-0.4, -0.2) is 9.55 Å². The molecule has 2 heteroatoms. The van der Waals surface area contributed by atoms with Crippen LogP contribution in [-0.2, 0) is 7.05 Å². The van der Waals surface area contributed by atoms with E-state index in [1.165, 1.54) is 49.0 Å². The first kappa shape index (κ1) is 17.0. The Morgan fingerprint density at radius 2 is 1.10 bits per heavy atom. The van der Waals surface area contributed by atoms with Gasteiger partial charge < -0.3 is 4.57 Å². The minimum absolute atomic E-state index is 0.992. The molecule has 0 fully saturated rings. The Hall–Kier alpha value is -3.91. The molecule has 0 spiro atoms. The number of aromatic nitrogens is 2. The van der Waals surface area contributed by atoms with Gasteiger partial charge in [-0.3, -0.25) is 0 Å². The number of benzene rings is 5. The van der Waals surface area contributed by atoms with Crippen molar-refractivity contribution in [2.45, 2.75) is 0 Å². The van der Waals surface area contributed by atoms with Crippen molar-refractivity contribution in [3.05, 3.63) is 103 Å². The van der Waals surface area contributed by atoms with E-state index >= 15 is 0 Å². The average molecular weight is 384 g/mol. The lowest BCUT2D eigenvalue weighted by molar-refractivity contribution is 0.927. The lowest BCUT2D eigenvalue weighted by atomic mass is 9.86. The molecule has 1 heterocycles. The van der Waals surface area contributed by atoms with Gasteiger partial charge in [0.25, 0.3) is 0 Å². The van der Waals surface area contributed by atoms with Gasteiger partial charge in [0, 0.05) is 25.0 Å². The fourth-order valence-electron chi connectivity index (χ4n) is 4.71. The minimum Gasteiger partial charge on any atom is -0.334 e. The van der Waals surface area contributed by atoms with E-state index in [0.29, 0.717) is 0 Å². The van der Waals surface area contributed by atoms with Crippen LogP contribution >= 0.6 is 0 Å². The number of fused-ring (bicyclic) bond motifs is 3. The van der Waals surface area contributed by atoms with Crippen molar-refractivity contribution in [1.82, 2.24) is 9.55 Å². The summed E-state index contributed by atoms with van der Waals surface area (Å²) in [6.45, 7) is 0. The van der Waals surface area contributed by atoms with Crippen LogP contribution in [0.5, 0.6) is 0 Å². The molecule has 1 aromatic heterocycles. The van der Waals surface area contributed by atoms with Crippen molar-refractivity contribution >= 4 is 32.3 Å². The lowest BCUT2D eigenvalue weighted by Gasteiger charge is -2.18. The fourth-order valence-corrected chi connectivity index (χ4v) is 4.71. The Bertz CT molecular complexity index is 1490. The van der Waals surface area contributed by atoms with E-state index in [9.17, 15) is 0 Å². The van der Waals surface area contributed by atoms with Crippen LogP contribution in [0.3, 0.4) is 0 Å². The summed E-state index contributed by atoms with van der Waals surface area (Å²) in [5, 5.41) is 7.51. The summed E-state index contributed by atoms with van der Waals surface area (Å²) in [6.07, 6.45) is 3.88. The predicted octanol–water partition coefficient (Wildman–Crippen LogP) is 7.21. The molecule has 0 radical (unpaired) electrons. The number of aryl methyl sites for hydroxylation is 1. The highest BCUT2D eigenvalue weighted by Gasteiger charge is 2.19. The maximum atomic E-state index is 4.70. The minimum atomic E-state index is 0.992. The summed E-state index contributed by atoms with van der Waals surface area (Å²) < 4.78 is 2.10. The zero-order valence-electron chi connectivity index (χ0n) is 16.7. The van der Waals surface area contributed by atoms with Gasteiger partial charge in [-0.15, -0.1) is 0 Å². The topological polar surface area (TPSA) is 17.8 Å². The van der Waals surface area contributed by atoms with Crippen LogP contribution in [0.2, 0.25) is 0 Å². The fraction of sp³-hybridized carbons (Fsp3) is 0.0357. The molecular formula is C28H20N2. The maximum absolute atomic E-state index is 4.70. The molecule has 0 N–H and O–H groups in total. The van der Waals surface area contributed by atoms with Gasteiger partial charge in [-0.25, -0.2) is 4.98 Å². The van der Waals surface area contributed by atoms with Gasteiger partial charge in [-0.1, -0.05) is 91.0 Å². The van der Waals surface area contributed by atoms with Crippen molar-refractivity contribution in [3.8, 4) is 22.5 Å². The standard InChI is InChI=1S/C28H20N2/c1-30-18-17-29-28(30)27-24-14-6-4-12-22(24)26(23-13-5-7-15-25(23)27)21-16-8-10-19-9-2-3-11-20(19)21/h2-18H,1H3. The largest absolute Gasteiger partial charge is 0.334 e. The summed E-state index contributed by atoms with van der Waals surface area (Å²) in [7, 11) is 2.06. The van der Waals surface area contributed by atoms with Crippen LogP contribution < -0.4 is 0 Å². The molecule has 30 heavy (non-hydrogen) atoms. The van der Waals surface area contributed by atoms with Gasteiger partial charge >= 0.3 is 0 Å². The summed E-state index contributed by atoms with van der Waals surface area (Å²) in [5.41, 5.74) is 3.75. The second-order valence-corrected chi connectivity index (χ2v) is 7.73. The SMILES string of the molecule is Cn1ccnc1-c1c2ccccc2c(-c2cccc3ccccc23)c2ccccc12. The van der Waals surface area contributed by atoms with Gasteiger partial charge in [0.15, 0.2) is 0 Å². The van der Waals surface area contributed by atoms with Gasteiger partial charge in [0.1, 0.15) is 5.82 Å². The Labute approximate surface area is 175 Å². The summed E-state index contributed by atoms with van der Waals surface area (Å²) in [6, 6.07) is 32.7. The molecule has 0 saturated heterocycles. The monoisotopic (exact) mass is 384 g/mol. The predicted molar refractivity (Wildman–Crippen MR) is 127 cm³/mol. The Balaban J connectivity index is 1.86. The first-order valence-electron chi connectivity index (χ1n) is 10.2. The van der Waals surface area contributed by atoms with Gasteiger partial charge in [-0.2, -0.15) is 0 Å². The smallest absolute Gasteiger partial charge is 0.140 e. The van der Waals surface area contributed by atoms with E-state index in [4.69, 9.17) is 4.98 Å². The van der Waals surface area contributed by atoms with Gasteiger partial charge in [0.05, 0.1) is 0 Å².